The van der Waals surface area contributed by atoms with E-state index in [1.54, 1.807) is 7.11 Å². The van der Waals surface area contributed by atoms with Crippen molar-refractivity contribution in [2.24, 2.45) is 10.4 Å². The number of pyridine rings is 1. The summed E-state index contributed by atoms with van der Waals surface area (Å²) in [5, 5.41) is 6.80. The van der Waals surface area contributed by atoms with Gasteiger partial charge in [0.2, 0.25) is 0 Å². The summed E-state index contributed by atoms with van der Waals surface area (Å²) in [6, 6.07) is 6.06. The van der Waals surface area contributed by atoms with Crippen molar-refractivity contribution in [3.05, 3.63) is 36.3 Å². The van der Waals surface area contributed by atoms with Crippen molar-refractivity contribution in [1.29, 1.82) is 0 Å². The third-order valence-electron chi connectivity index (χ3n) is 5.25. The largest absolute Gasteiger partial charge is 0.385 e. The molecule has 1 fully saturated rings. The lowest BCUT2D eigenvalue weighted by atomic mass is 9.67. The Kier molecular flexibility index (Phi) is 6.50. The maximum atomic E-state index is 5.28. The van der Waals surface area contributed by atoms with E-state index in [9.17, 15) is 0 Å². The van der Waals surface area contributed by atoms with Gasteiger partial charge in [0.15, 0.2) is 5.96 Å². The minimum Gasteiger partial charge on any atom is -0.385 e. The standard InChI is InChI=1S/C20H31N5O/c1-3-21-19(23-16-20(9-6-10-20)11-14-26-2)22-12-8-17-15-25-13-5-4-7-18(25)24-17/h4-5,7,13,15H,3,6,8-12,14,16H2,1-2H3,(H2,21,22,23). The molecule has 2 aromatic heterocycles. The molecule has 2 N–H and O–H groups in total. The Balaban J connectivity index is 1.52. The highest BCUT2D eigenvalue weighted by molar-refractivity contribution is 5.79. The lowest BCUT2D eigenvalue weighted by Gasteiger charge is -2.40. The van der Waals surface area contributed by atoms with Crippen molar-refractivity contribution < 1.29 is 4.74 Å². The van der Waals surface area contributed by atoms with E-state index in [1.807, 2.05) is 24.4 Å². The molecule has 142 valence electrons. The highest BCUT2D eigenvalue weighted by Gasteiger charge is 2.36. The molecule has 3 rings (SSSR count). The van der Waals surface area contributed by atoms with E-state index in [1.165, 1.54) is 19.3 Å². The van der Waals surface area contributed by atoms with Crippen LogP contribution in [-0.4, -0.2) is 48.7 Å². The molecular formula is C20H31N5O. The normalized spacial score (nSPS) is 16.5. The van der Waals surface area contributed by atoms with Gasteiger partial charge in [-0.15, -0.1) is 0 Å². The Labute approximate surface area is 156 Å². The van der Waals surface area contributed by atoms with E-state index in [4.69, 9.17) is 9.73 Å². The lowest BCUT2D eigenvalue weighted by molar-refractivity contribution is 0.0778. The van der Waals surface area contributed by atoms with E-state index in [0.717, 1.165) is 56.4 Å². The average Bonchev–Trinajstić information content (AvgIpc) is 3.03. The van der Waals surface area contributed by atoms with Crippen molar-refractivity contribution in [3.8, 4) is 0 Å². The summed E-state index contributed by atoms with van der Waals surface area (Å²) >= 11 is 0. The van der Waals surface area contributed by atoms with Crippen molar-refractivity contribution in [3.63, 3.8) is 0 Å². The number of ether oxygens (including phenoxy) is 1. The Morgan fingerprint density at radius 1 is 1.35 bits per heavy atom. The molecule has 2 heterocycles. The van der Waals surface area contributed by atoms with Crippen LogP contribution >= 0.6 is 0 Å². The lowest BCUT2D eigenvalue weighted by Crippen LogP contribution is -2.41. The Hall–Kier alpha value is -2.08. The monoisotopic (exact) mass is 357 g/mol. The van der Waals surface area contributed by atoms with Crippen LogP contribution in [0.5, 0.6) is 0 Å². The first-order chi connectivity index (χ1) is 12.7. The molecule has 6 heteroatoms. The summed E-state index contributed by atoms with van der Waals surface area (Å²) in [7, 11) is 1.78. The number of rotatable bonds is 9. The average molecular weight is 358 g/mol. The smallest absolute Gasteiger partial charge is 0.191 e. The van der Waals surface area contributed by atoms with Gasteiger partial charge in [-0.3, -0.25) is 4.99 Å². The Morgan fingerprint density at radius 2 is 2.23 bits per heavy atom. The molecule has 1 saturated carbocycles. The molecule has 1 aliphatic rings. The van der Waals surface area contributed by atoms with E-state index in [0.29, 0.717) is 5.41 Å². The molecule has 1 aliphatic carbocycles. The van der Waals surface area contributed by atoms with Gasteiger partial charge in [0.05, 0.1) is 5.69 Å². The maximum Gasteiger partial charge on any atom is 0.191 e. The van der Waals surface area contributed by atoms with E-state index < -0.39 is 0 Å². The minimum absolute atomic E-state index is 0.347. The molecule has 0 amide bonds. The molecule has 6 nitrogen and oxygen atoms in total. The van der Waals surface area contributed by atoms with E-state index in [-0.39, 0.29) is 0 Å². The first kappa shape index (κ1) is 18.7. The third kappa shape index (κ3) is 4.75. The quantitative estimate of drug-likeness (QED) is 0.535. The van der Waals surface area contributed by atoms with Gasteiger partial charge in [0.25, 0.3) is 0 Å². The predicted molar refractivity (Wildman–Crippen MR) is 106 cm³/mol. The Bertz CT molecular complexity index is 687. The van der Waals surface area contributed by atoms with Gasteiger partial charge >= 0.3 is 0 Å². The highest BCUT2D eigenvalue weighted by atomic mass is 16.5. The SMILES string of the molecule is CCNC(=NCC1(CCOC)CCC1)NCCc1cn2ccccc2n1. The summed E-state index contributed by atoms with van der Waals surface area (Å²) in [5.74, 6) is 0.903. The first-order valence-electron chi connectivity index (χ1n) is 9.68. The number of nitrogens with zero attached hydrogens (tertiary/aromatic N) is 3. The fraction of sp³-hybridized carbons (Fsp3) is 0.600. The number of hydrogen-bond donors (Lipinski definition) is 2. The molecule has 0 saturated heterocycles. The topological polar surface area (TPSA) is 63.0 Å². The van der Waals surface area contributed by atoms with Gasteiger partial charge in [-0.2, -0.15) is 0 Å². The summed E-state index contributed by atoms with van der Waals surface area (Å²) in [4.78, 5) is 9.49. The number of imidazole rings is 1. The zero-order valence-corrected chi connectivity index (χ0v) is 16.0. The fourth-order valence-corrected chi connectivity index (χ4v) is 3.49. The summed E-state index contributed by atoms with van der Waals surface area (Å²) in [5.41, 5.74) is 2.43. The Morgan fingerprint density at radius 3 is 2.92 bits per heavy atom. The predicted octanol–water partition coefficient (Wildman–Crippen LogP) is 2.64. The second-order valence-electron chi connectivity index (χ2n) is 7.17. The number of nitrogens with one attached hydrogen (secondary N) is 2. The number of aliphatic imine (C=N–C) groups is 1. The number of aromatic nitrogens is 2. The molecule has 0 atom stereocenters. The first-order valence-corrected chi connectivity index (χ1v) is 9.68. The van der Waals surface area contributed by atoms with Crippen LogP contribution in [0.1, 0.15) is 38.3 Å². The zero-order chi connectivity index (χ0) is 18.2. The van der Waals surface area contributed by atoms with Crippen LogP contribution < -0.4 is 10.6 Å². The highest BCUT2D eigenvalue weighted by Crippen LogP contribution is 2.44. The van der Waals surface area contributed by atoms with Gasteiger partial charge in [-0.25, -0.2) is 4.98 Å². The summed E-state index contributed by atoms with van der Waals surface area (Å²) in [6.45, 7) is 5.49. The van der Waals surface area contributed by atoms with Gasteiger partial charge in [0, 0.05) is 52.2 Å². The molecule has 0 spiro atoms. The van der Waals surface area contributed by atoms with Crippen molar-refractivity contribution in [2.75, 3.05) is 33.4 Å². The molecule has 26 heavy (non-hydrogen) atoms. The zero-order valence-electron chi connectivity index (χ0n) is 16.0. The van der Waals surface area contributed by atoms with Crippen molar-refractivity contribution in [2.45, 2.75) is 39.0 Å². The molecule has 0 aliphatic heterocycles. The molecule has 0 bridgehead atoms. The summed E-state index contributed by atoms with van der Waals surface area (Å²) in [6.07, 6.45) is 9.95. The molecule has 2 aromatic rings. The number of guanidine groups is 1. The number of hydrogen-bond acceptors (Lipinski definition) is 3. The molecule has 0 unspecified atom stereocenters. The van der Waals surface area contributed by atoms with Crippen LogP contribution in [0.15, 0.2) is 35.6 Å². The van der Waals surface area contributed by atoms with Gasteiger partial charge in [-0.1, -0.05) is 12.5 Å². The second kappa shape index (κ2) is 9.03. The fourth-order valence-electron chi connectivity index (χ4n) is 3.49. The maximum absolute atomic E-state index is 5.28. The van der Waals surface area contributed by atoms with Crippen LogP contribution in [0.4, 0.5) is 0 Å². The number of fused-ring (bicyclic) bond motifs is 1. The second-order valence-corrected chi connectivity index (χ2v) is 7.17. The molecule has 0 aromatic carbocycles. The van der Waals surface area contributed by atoms with E-state index >= 15 is 0 Å². The number of methoxy groups -OCH3 is 1. The molecular weight excluding hydrogens is 326 g/mol. The van der Waals surface area contributed by atoms with Gasteiger partial charge in [0.1, 0.15) is 5.65 Å². The van der Waals surface area contributed by atoms with Gasteiger partial charge < -0.3 is 19.8 Å². The van der Waals surface area contributed by atoms with Crippen LogP contribution in [0.25, 0.3) is 5.65 Å². The third-order valence-corrected chi connectivity index (χ3v) is 5.25. The van der Waals surface area contributed by atoms with Crippen LogP contribution in [-0.2, 0) is 11.2 Å². The summed E-state index contributed by atoms with van der Waals surface area (Å²) < 4.78 is 7.34. The van der Waals surface area contributed by atoms with Crippen LogP contribution in [0, 0.1) is 5.41 Å². The minimum atomic E-state index is 0.347. The molecule has 0 radical (unpaired) electrons. The van der Waals surface area contributed by atoms with Crippen LogP contribution in [0.3, 0.4) is 0 Å². The van der Waals surface area contributed by atoms with E-state index in [2.05, 4.69) is 33.1 Å². The van der Waals surface area contributed by atoms with Crippen molar-refractivity contribution >= 4 is 11.6 Å². The van der Waals surface area contributed by atoms with Gasteiger partial charge in [-0.05, 0) is 43.7 Å². The van der Waals surface area contributed by atoms with Crippen LogP contribution in [0.2, 0.25) is 0 Å². The van der Waals surface area contributed by atoms with Crippen molar-refractivity contribution in [1.82, 2.24) is 20.0 Å².